The highest BCUT2D eigenvalue weighted by molar-refractivity contribution is 5.80. The summed E-state index contributed by atoms with van der Waals surface area (Å²) < 4.78 is 0. The fourth-order valence-corrected chi connectivity index (χ4v) is 0.951. The summed E-state index contributed by atoms with van der Waals surface area (Å²) in [5, 5.41) is 0. The van der Waals surface area contributed by atoms with Crippen molar-refractivity contribution in [2.24, 2.45) is 16.1 Å². The van der Waals surface area contributed by atoms with Gasteiger partial charge >= 0.3 is 0 Å². The Bertz CT molecular complexity index is 159. The SMILES string of the molecule is CCC(N)=NC1CC1(C)C. The highest BCUT2D eigenvalue weighted by atomic mass is 15.0. The number of amidine groups is 1. The van der Waals surface area contributed by atoms with E-state index in [1.54, 1.807) is 0 Å². The maximum atomic E-state index is 5.58. The van der Waals surface area contributed by atoms with Gasteiger partial charge in [-0.1, -0.05) is 20.8 Å². The predicted octanol–water partition coefficient (Wildman–Crippen LogP) is 1.55. The molecule has 0 aliphatic heterocycles. The Morgan fingerprint density at radius 3 is 2.50 bits per heavy atom. The van der Waals surface area contributed by atoms with Crippen LogP contribution in [0.3, 0.4) is 0 Å². The molecule has 2 heteroatoms. The maximum Gasteiger partial charge on any atom is 0.0937 e. The van der Waals surface area contributed by atoms with Gasteiger partial charge < -0.3 is 5.73 Å². The molecule has 1 aliphatic carbocycles. The van der Waals surface area contributed by atoms with Gasteiger partial charge in [-0.25, -0.2) is 0 Å². The summed E-state index contributed by atoms with van der Waals surface area (Å²) in [4.78, 5) is 4.35. The van der Waals surface area contributed by atoms with Gasteiger partial charge in [0.25, 0.3) is 0 Å². The average Bonchev–Trinajstić information content (AvgIpc) is 2.40. The van der Waals surface area contributed by atoms with Gasteiger partial charge in [0.2, 0.25) is 0 Å². The van der Waals surface area contributed by atoms with Gasteiger partial charge in [0.05, 0.1) is 11.9 Å². The zero-order chi connectivity index (χ0) is 7.78. The van der Waals surface area contributed by atoms with E-state index in [9.17, 15) is 0 Å². The highest BCUT2D eigenvalue weighted by Crippen LogP contribution is 2.47. The summed E-state index contributed by atoms with van der Waals surface area (Å²) in [6.45, 7) is 6.49. The van der Waals surface area contributed by atoms with Gasteiger partial charge in [-0.15, -0.1) is 0 Å². The first-order chi connectivity index (χ1) is 4.56. The Balaban J connectivity index is 2.42. The summed E-state index contributed by atoms with van der Waals surface area (Å²) in [7, 11) is 0. The molecule has 1 unspecified atom stereocenters. The van der Waals surface area contributed by atoms with Crippen LogP contribution in [0.25, 0.3) is 0 Å². The smallest absolute Gasteiger partial charge is 0.0937 e. The maximum absolute atomic E-state index is 5.58. The molecule has 0 spiro atoms. The molecule has 0 amide bonds. The fourth-order valence-electron chi connectivity index (χ4n) is 0.951. The van der Waals surface area contributed by atoms with Crippen molar-refractivity contribution in [3.8, 4) is 0 Å². The first kappa shape index (κ1) is 7.58. The van der Waals surface area contributed by atoms with Crippen LogP contribution in [0, 0.1) is 5.41 Å². The lowest BCUT2D eigenvalue weighted by Gasteiger charge is -1.98. The normalized spacial score (nSPS) is 30.3. The van der Waals surface area contributed by atoms with Gasteiger partial charge in [-0.3, -0.25) is 4.99 Å². The Morgan fingerprint density at radius 1 is 1.70 bits per heavy atom. The second-order valence-corrected chi connectivity index (χ2v) is 3.68. The number of aliphatic imine (C=N–C) groups is 1. The van der Waals surface area contributed by atoms with E-state index in [-0.39, 0.29) is 0 Å². The summed E-state index contributed by atoms with van der Waals surface area (Å²) >= 11 is 0. The Hall–Kier alpha value is -0.530. The summed E-state index contributed by atoms with van der Waals surface area (Å²) in [6, 6.07) is 0.507. The van der Waals surface area contributed by atoms with E-state index in [1.165, 1.54) is 6.42 Å². The van der Waals surface area contributed by atoms with Crippen LogP contribution in [0.15, 0.2) is 4.99 Å². The van der Waals surface area contributed by atoms with E-state index in [1.807, 2.05) is 6.92 Å². The minimum atomic E-state index is 0.430. The number of nitrogens with zero attached hydrogens (tertiary/aromatic N) is 1. The van der Waals surface area contributed by atoms with Gasteiger partial charge in [-0.05, 0) is 11.8 Å². The van der Waals surface area contributed by atoms with E-state index in [4.69, 9.17) is 5.73 Å². The third kappa shape index (κ3) is 1.49. The van der Waals surface area contributed by atoms with Crippen LogP contribution in [0.1, 0.15) is 33.6 Å². The number of hydrogen-bond acceptors (Lipinski definition) is 1. The van der Waals surface area contributed by atoms with Crippen molar-refractivity contribution in [1.29, 1.82) is 0 Å². The van der Waals surface area contributed by atoms with Gasteiger partial charge in [-0.2, -0.15) is 0 Å². The van der Waals surface area contributed by atoms with Crippen molar-refractivity contribution in [2.45, 2.75) is 39.7 Å². The Morgan fingerprint density at radius 2 is 2.20 bits per heavy atom. The number of rotatable bonds is 2. The molecular formula is C8H16N2. The highest BCUT2D eigenvalue weighted by Gasteiger charge is 2.45. The monoisotopic (exact) mass is 140 g/mol. The number of hydrogen-bond donors (Lipinski definition) is 1. The Labute approximate surface area is 62.5 Å². The third-order valence-corrected chi connectivity index (χ3v) is 2.15. The minimum Gasteiger partial charge on any atom is -0.387 e. The molecule has 1 fully saturated rings. The first-order valence-corrected chi connectivity index (χ1v) is 3.88. The van der Waals surface area contributed by atoms with Crippen molar-refractivity contribution in [1.82, 2.24) is 0 Å². The van der Waals surface area contributed by atoms with Gasteiger partial charge in [0, 0.05) is 6.42 Å². The van der Waals surface area contributed by atoms with E-state index in [0.29, 0.717) is 11.5 Å². The van der Waals surface area contributed by atoms with Crippen LogP contribution in [0.2, 0.25) is 0 Å². The molecular weight excluding hydrogens is 124 g/mol. The minimum absolute atomic E-state index is 0.430. The molecule has 58 valence electrons. The first-order valence-electron chi connectivity index (χ1n) is 3.88. The molecule has 1 atom stereocenters. The molecule has 0 aromatic carbocycles. The molecule has 1 aliphatic rings. The molecule has 0 bridgehead atoms. The fraction of sp³-hybridized carbons (Fsp3) is 0.875. The van der Waals surface area contributed by atoms with E-state index < -0.39 is 0 Å². The van der Waals surface area contributed by atoms with Crippen molar-refractivity contribution in [3.63, 3.8) is 0 Å². The van der Waals surface area contributed by atoms with Crippen LogP contribution < -0.4 is 5.73 Å². The lowest BCUT2D eigenvalue weighted by Crippen LogP contribution is -2.11. The lowest BCUT2D eigenvalue weighted by atomic mass is 10.2. The van der Waals surface area contributed by atoms with Gasteiger partial charge in [0.1, 0.15) is 0 Å². The lowest BCUT2D eigenvalue weighted by molar-refractivity contribution is 0.618. The molecule has 0 saturated heterocycles. The standard InChI is InChI=1S/C8H16N2/c1-4-7(9)10-6-5-8(6,2)3/h6H,4-5H2,1-3H3,(H2,9,10). The molecule has 0 radical (unpaired) electrons. The molecule has 10 heavy (non-hydrogen) atoms. The van der Waals surface area contributed by atoms with E-state index in [2.05, 4.69) is 18.8 Å². The van der Waals surface area contributed by atoms with Crippen LogP contribution >= 0.6 is 0 Å². The van der Waals surface area contributed by atoms with Crippen LogP contribution in [0.4, 0.5) is 0 Å². The van der Waals surface area contributed by atoms with Crippen molar-refractivity contribution >= 4 is 5.84 Å². The van der Waals surface area contributed by atoms with Crippen molar-refractivity contribution < 1.29 is 0 Å². The second kappa shape index (κ2) is 2.26. The summed E-state index contributed by atoms with van der Waals surface area (Å²) in [6.07, 6.45) is 2.08. The summed E-state index contributed by atoms with van der Waals surface area (Å²) in [5.41, 5.74) is 6.02. The molecule has 2 N–H and O–H groups in total. The third-order valence-electron chi connectivity index (χ3n) is 2.15. The zero-order valence-corrected chi connectivity index (χ0v) is 7.02. The van der Waals surface area contributed by atoms with Gasteiger partial charge in [0.15, 0.2) is 0 Å². The zero-order valence-electron chi connectivity index (χ0n) is 7.02. The molecule has 0 heterocycles. The number of nitrogens with two attached hydrogens (primary N) is 1. The molecule has 1 saturated carbocycles. The topological polar surface area (TPSA) is 38.4 Å². The van der Waals surface area contributed by atoms with Crippen LogP contribution in [-0.2, 0) is 0 Å². The average molecular weight is 140 g/mol. The van der Waals surface area contributed by atoms with Crippen molar-refractivity contribution in [3.05, 3.63) is 0 Å². The van der Waals surface area contributed by atoms with Crippen molar-refractivity contribution in [2.75, 3.05) is 0 Å². The summed E-state index contributed by atoms with van der Waals surface area (Å²) in [5.74, 6) is 0.801. The van der Waals surface area contributed by atoms with Crippen LogP contribution in [0.5, 0.6) is 0 Å². The second-order valence-electron chi connectivity index (χ2n) is 3.68. The van der Waals surface area contributed by atoms with E-state index in [0.717, 1.165) is 12.3 Å². The molecule has 0 aromatic heterocycles. The van der Waals surface area contributed by atoms with E-state index >= 15 is 0 Å². The Kier molecular flexibility index (Phi) is 1.71. The quantitative estimate of drug-likeness (QED) is 0.458. The van der Waals surface area contributed by atoms with Crippen LogP contribution in [-0.4, -0.2) is 11.9 Å². The molecule has 0 aromatic rings. The molecule has 1 rings (SSSR count). The predicted molar refractivity (Wildman–Crippen MR) is 44.1 cm³/mol. The molecule has 2 nitrogen and oxygen atoms in total. The largest absolute Gasteiger partial charge is 0.387 e.